The van der Waals surface area contributed by atoms with E-state index in [9.17, 15) is 4.79 Å². The smallest absolute Gasteiger partial charge is 0.320 e. The number of amides is 2. The van der Waals surface area contributed by atoms with Crippen molar-refractivity contribution in [2.75, 3.05) is 70.2 Å². The molecule has 1 aromatic carbocycles. The predicted molar refractivity (Wildman–Crippen MR) is 89.0 cm³/mol. The second-order valence-electron chi connectivity index (χ2n) is 5.78. The zero-order valence-electron chi connectivity index (χ0n) is 13.5. The fraction of sp³-hybridized carbons (Fsp3) is 0.562. The van der Waals surface area contributed by atoms with Crippen molar-refractivity contribution in [3.05, 3.63) is 18.2 Å². The SMILES string of the molecule is COc1cc(N2CCN(C(=O)N3CCOCC3)CC2)ccc1N. The molecule has 0 aliphatic carbocycles. The Balaban J connectivity index is 1.58. The lowest BCUT2D eigenvalue weighted by Crippen LogP contribution is -2.54. The van der Waals surface area contributed by atoms with Crippen molar-refractivity contribution in [3.63, 3.8) is 0 Å². The molecule has 0 aromatic heterocycles. The summed E-state index contributed by atoms with van der Waals surface area (Å²) in [5.74, 6) is 0.689. The van der Waals surface area contributed by atoms with Gasteiger partial charge in [-0.15, -0.1) is 0 Å². The Morgan fingerprint density at radius 2 is 1.74 bits per heavy atom. The van der Waals surface area contributed by atoms with Crippen LogP contribution in [-0.2, 0) is 4.74 Å². The molecule has 126 valence electrons. The molecule has 3 rings (SSSR count). The van der Waals surface area contributed by atoms with E-state index >= 15 is 0 Å². The second-order valence-corrected chi connectivity index (χ2v) is 5.78. The molecule has 2 N–H and O–H groups in total. The van der Waals surface area contributed by atoms with Crippen LogP contribution in [0.2, 0.25) is 0 Å². The summed E-state index contributed by atoms with van der Waals surface area (Å²) in [6, 6.07) is 5.94. The van der Waals surface area contributed by atoms with E-state index < -0.39 is 0 Å². The van der Waals surface area contributed by atoms with Crippen LogP contribution in [0.25, 0.3) is 0 Å². The molecule has 0 spiro atoms. The second kappa shape index (κ2) is 6.95. The van der Waals surface area contributed by atoms with Gasteiger partial charge in [0.25, 0.3) is 0 Å². The number of carbonyl (C=O) groups excluding carboxylic acids is 1. The molecule has 0 saturated carbocycles. The Kier molecular flexibility index (Phi) is 4.76. The number of carbonyl (C=O) groups is 1. The Morgan fingerprint density at radius 3 is 2.39 bits per heavy atom. The topological polar surface area (TPSA) is 71.3 Å². The first-order valence-electron chi connectivity index (χ1n) is 7.99. The number of nitrogens with two attached hydrogens (primary N) is 1. The summed E-state index contributed by atoms with van der Waals surface area (Å²) >= 11 is 0. The molecule has 2 saturated heterocycles. The van der Waals surface area contributed by atoms with Crippen molar-refractivity contribution in [2.45, 2.75) is 0 Å². The van der Waals surface area contributed by atoms with Crippen LogP contribution in [0.5, 0.6) is 5.75 Å². The molecule has 2 amide bonds. The van der Waals surface area contributed by atoms with E-state index in [4.69, 9.17) is 15.2 Å². The molecule has 2 fully saturated rings. The normalized spacial score (nSPS) is 18.9. The first-order valence-corrected chi connectivity index (χ1v) is 7.99. The van der Waals surface area contributed by atoms with Crippen LogP contribution in [0.1, 0.15) is 0 Å². The number of anilines is 2. The molecule has 2 aliphatic heterocycles. The molecule has 2 aliphatic rings. The van der Waals surface area contributed by atoms with Gasteiger partial charge in [-0.3, -0.25) is 0 Å². The molecule has 7 nitrogen and oxygen atoms in total. The van der Waals surface area contributed by atoms with Gasteiger partial charge < -0.3 is 29.9 Å². The third-order valence-electron chi connectivity index (χ3n) is 4.41. The van der Waals surface area contributed by atoms with Crippen molar-refractivity contribution in [2.24, 2.45) is 0 Å². The quantitative estimate of drug-likeness (QED) is 0.818. The number of hydrogen-bond acceptors (Lipinski definition) is 5. The van der Waals surface area contributed by atoms with Gasteiger partial charge in [0.2, 0.25) is 0 Å². The van der Waals surface area contributed by atoms with Crippen LogP contribution in [0.4, 0.5) is 16.2 Å². The van der Waals surface area contributed by atoms with Crippen molar-refractivity contribution in [3.8, 4) is 5.75 Å². The minimum Gasteiger partial charge on any atom is -0.495 e. The van der Waals surface area contributed by atoms with Gasteiger partial charge in [0.05, 0.1) is 26.0 Å². The molecule has 0 atom stereocenters. The first-order chi connectivity index (χ1) is 11.2. The van der Waals surface area contributed by atoms with E-state index in [2.05, 4.69) is 4.90 Å². The third-order valence-corrected chi connectivity index (χ3v) is 4.41. The average Bonchev–Trinajstić information content (AvgIpc) is 2.62. The Morgan fingerprint density at radius 1 is 1.09 bits per heavy atom. The number of methoxy groups -OCH3 is 1. The Bertz CT molecular complexity index is 552. The number of rotatable bonds is 2. The van der Waals surface area contributed by atoms with Crippen molar-refractivity contribution in [1.29, 1.82) is 0 Å². The lowest BCUT2D eigenvalue weighted by Gasteiger charge is -2.39. The summed E-state index contributed by atoms with van der Waals surface area (Å²) in [6.07, 6.45) is 0. The van der Waals surface area contributed by atoms with Gasteiger partial charge in [-0.05, 0) is 12.1 Å². The van der Waals surface area contributed by atoms with E-state index in [0.717, 1.165) is 31.9 Å². The van der Waals surface area contributed by atoms with E-state index in [0.29, 0.717) is 37.7 Å². The van der Waals surface area contributed by atoms with Gasteiger partial charge in [-0.25, -0.2) is 4.79 Å². The molecule has 23 heavy (non-hydrogen) atoms. The highest BCUT2D eigenvalue weighted by molar-refractivity contribution is 5.75. The van der Waals surface area contributed by atoms with Gasteiger partial charge in [0.15, 0.2) is 0 Å². The summed E-state index contributed by atoms with van der Waals surface area (Å²) in [5.41, 5.74) is 7.58. The standard InChI is InChI=1S/C16H24N4O3/c1-22-15-12-13(2-3-14(15)17)18-4-6-19(7-5-18)16(21)20-8-10-23-11-9-20/h2-3,12H,4-11,17H2,1H3. The summed E-state index contributed by atoms with van der Waals surface area (Å²) in [5, 5.41) is 0. The van der Waals surface area contributed by atoms with Crippen LogP contribution in [0, 0.1) is 0 Å². The number of piperazine rings is 1. The Hall–Kier alpha value is -2.15. The van der Waals surface area contributed by atoms with Crippen LogP contribution in [-0.4, -0.2) is 75.4 Å². The number of hydrogen-bond donors (Lipinski definition) is 1. The molecule has 0 radical (unpaired) electrons. The number of nitrogen functional groups attached to an aromatic ring is 1. The fourth-order valence-electron chi connectivity index (χ4n) is 3.01. The molecular weight excluding hydrogens is 296 g/mol. The molecule has 0 bridgehead atoms. The monoisotopic (exact) mass is 320 g/mol. The summed E-state index contributed by atoms with van der Waals surface area (Å²) in [6.45, 7) is 5.72. The molecule has 1 aromatic rings. The van der Waals surface area contributed by atoms with Gasteiger partial charge >= 0.3 is 6.03 Å². The van der Waals surface area contributed by atoms with Gasteiger partial charge in [-0.1, -0.05) is 0 Å². The number of morpholine rings is 1. The zero-order chi connectivity index (χ0) is 16.2. The number of nitrogens with zero attached hydrogens (tertiary/aromatic N) is 3. The minimum absolute atomic E-state index is 0.128. The van der Waals surface area contributed by atoms with E-state index in [1.807, 2.05) is 28.0 Å². The maximum Gasteiger partial charge on any atom is 0.320 e. The highest BCUT2D eigenvalue weighted by Gasteiger charge is 2.26. The van der Waals surface area contributed by atoms with Crippen molar-refractivity contribution >= 4 is 17.4 Å². The summed E-state index contributed by atoms with van der Waals surface area (Å²) in [7, 11) is 1.62. The van der Waals surface area contributed by atoms with Crippen molar-refractivity contribution in [1.82, 2.24) is 9.80 Å². The van der Waals surface area contributed by atoms with Gasteiger partial charge in [0.1, 0.15) is 5.75 Å². The third kappa shape index (κ3) is 3.44. The highest BCUT2D eigenvalue weighted by Crippen LogP contribution is 2.28. The van der Waals surface area contributed by atoms with Crippen molar-refractivity contribution < 1.29 is 14.3 Å². The van der Waals surface area contributed by atoms with Crippen LogP contribution in [0.15, 0.2) is 18.2 Å². The van der Waals surface area contributed by atoms with Gasteiger partial charge in [0, 0.05) is 51.0 Å². The maximum absolute atomic E-state index is 12.5. The molecule has 7 heteroatoms. The van der Waals surface area contributed by atoms with Crippen LogP contribution >= 0.6 is 0 Å². The van der Waals surface area contributed by atoms with Crippen LogP contribution in [0.3, 0.4) is 0 Å². The maximum atomic E-state index is 12.5. The van der Waals surface area contributed by atoms with E-state index in [-0.39, 0.29) is 6.03 Å². The summed E-state index contributed by atoms with van der Waals surface area (Å²) < 4.78 is 10.6. The number of urea groups is 1. The number of benzene rings is 1. The molecule has 2 heterocycles. The lowest BCUT2D eigenvalue weighted by molar-refractivity contribution is 0.0428. The molecule has 0 unspecified atom stereocenters. The zero-order valence-corrected chi connectivity index (χ0v) is 13.5. The lowest BCUT2D eigenvalue weighted by atomic mass is 10.2. The minimum atomic E-state index is 0.128. The predicted octanol–water partition coefficient (Wildman–Crippen LogP) is 0.852. The highest BCUT2D eigenvalue weighted by atomic mass is 16.5. The van der Waals surface area contributed by atoms with Crippen LogP contribution < -0.4 is 15.4 Å². The Labute approximate surface area is 136 Å². The fourth-order valence-corrected chi connectivity index (χ4v) is 3.01. The summed E-state index contributed by atoms with van der Waals surface area (Å²) in [4.78, 5) is 18.5. The van der Waals surface area contributed by atoms with Gasteiger partial charge in [-0.2, -0.15) is 0 Å². The average molecular weight is 320 g/mol. The largest absolute Gasteiger partial charge is 0.495 e. The number of ether oxygens (including phenoxy) is 2. The molecular formula is C16H24N4O3. The van der Waals surface area contributed by atoms with E-state index in [1.165, 1.54) is 0 Å². The van der Waals surface area contributed by atoms with E-state index in [1.54, 1.807) is 7.11 Å². The first kappa shape index (κ1) is 15.7.